The van der Waals surface area contributed by atoms with Crippen molar-refractivity contribution in [3.05, 3.63) is 176 Å². The monoisotopic (exact) mass is 1860 g/mol. The number of carbonyl (C=O) groups is 2. The summed E-state index contributed by atoms with van der Waals surface area (Å²) in [7, 11) is 50.1. The van der Waals surface area contributed by atoms with Crippen LogP contribution in [0.25, 0.3) is 44.1 Å². The van der Waals surface area contributed by atoms with Crippen LogP contribution in [-0.2, 0) is 14.4 Å². The molecule has 13 rings (SSSR count). The van der Waals surface area contributed by atoms with Gasteiger partial charge in [0.1, 0.15) is 0 Å². The van der Waals surface area contributed by atoms with Crippen molar-refractivity contribution < 1.29 is 106 Å². The van der Waals surface area contributed by atoms with E-state index in [-0.39, 0.29) is 36.8 Å². The first-order valence-corrected chi connectivity index (χ1v) is 41.7. The van der Waals surface area contributed by atoms with Crippen molar-refractivity contribution in [2.24, 2.45) is 0 Å². The van der Waals surface area contributed by atoms with Crippen LogP contribution in [0.5, 0.6) is 5.75 Å². The van der Waals surface area contributed by atoms with Gasteiger partial charge >= 0.3 is 52.8 Å². The first-order valence-electron chi connectivity index (χ1n) is 40.8. The van der Waals surface area contributed by atoms with Crippen LogP contribution in [0.1, 0.15) is 38.5 Å². The molecule has 2 amide bonds. The lowest BCUT2D eigenvalue weighted by molar-refractivity contribution is -0.646. The molecule has 0 radical (unpaired) electrons. The number of thioether (sulfide) groups is 1. The average molecular weight is 1860 g/mol. The lowest BCUT2D eigenvalue weighted by Crippen LogP contribution is -2.43. The second kappa shape index (κ2) is 48.3. The van der Waals surface area contributed by atoms with E-state index in [0.717, 1.165) is 85.3 Å². The van der Waals surface area contributed by atoms with E-state index < -0.39 is 40.4 Å². The number of rotatable bonds is 4. The number of likely N-dealkylation sites (tertiary alicyclic amines) is 1. The maximum absolute atomic E-state index is 13.4. The number of para-hydroxylation sites is 6. The lowest BCUT2D eigenvalue weighted by atomic mass is 10.2. The summed E-state index contributed by atoms with van der Waals surface area (Å²) >= 11 is 1.45. The second-order valence-electron chi connectivity index (χ2n) is 32.1. The van der Waals surface area contributed by atoms with Crippen LogP contribution in [0, 0.1) is 49.9 Å². The van der Waals surface area contributed by atoms with Gasteiger partial charge in [-0.05, 0) is 90.3 Å². The third kappa shape index (κ3) is 27.7. The number of benzene rings is 4. The predicted molar refractivity (Wildman–Crippen MR) is 483 cm³/mol. The highest BCUT2D eigenvalue weighted by molar-refractivity contribution is 8.13. The third-order valence-corrected chi connectivity index (χ3v) is 19.7. The van der Waals surface area contributed by atoms with Crippen molar-refractivity contribution in [2.75, 3.05) is 224 Å². The van der Waals surface area contributed by atoms with Crippen LogP contribution in [0.4, 0.5) is 26.3 Å². The Hall–Kier alpha value is -14.1. The van der Waals surface area contributed by atoms with E-state index in [4.69, 9.17) is 14.4 Å². The third-order valence-electron chi connectivity index (χ3n) is 18.3. The number of imide groups is 1. The van der Waals surface area contributed by atoms with Crippen molar-refractivity contribution in [3.8, 4) is 5.75 Å². The number of ether oxygens (including phenoxy) is 1. The molecule has 0 aliphatic carbocycles. The molecule has 3 fully saturated rings. The predicted octanol–water partition coefficient (Wildman–Crippen LogP) is 0.950. The smallest absolute Gasteiger partial charge is 0.472 e. The minimum absolute atomic E-state index is 0.0943. The minimum atomic E-state index is -2.22. The number of amides is 2. The van der Waals surface area contributed by atoms with E-state index in [1.54, 1.807) is 149 Å². The Morgan fingerprint density at radius 3 is 1.24 bits per heavy atom. The zero-order valence-electron chi connectivity index (χ0n) is 79.7. The van der Waals surface area contributed by atoms with Crippen molar-refractivity contribution >= 4 is 115 Å². The molecule has 0 N–H and O–H groups in total. The highest BCUT2D eigenvalue weighted by Crippen LogP contribution is 2.30. The number of hydrogen-bond acceptors (Lipinski definition) is 17. The van der Waals surface area contributed by atoms with Crippen molar-refractivity contribution in [2.45, 2.75) is 43.6 Å². The molecule has 710 valence electrons. The normalized spacial score (nSPS) is 12.2. The molecule has 0 spiro atoms. The number of amidine groups is 5. The van der Waals surface area contributed by atoms with Crippen LogP contribution in [0.15, 0.2) is 125 Å². The van der Waals surface area contributed by atoms with E-state index in [2.05, 4.69) is 40.4 Å². The number of fused-ring (bicyclic) bond motifs is 4. The van der Waals surface area contributed by atoms with Gasteiger partial charge in [-0.2, -0.15) is 13.5 Å². The highest BCUT2D eigenvalue weighted by Gasteiger charge is 2.37. The number of pyridine rings is 2. The summed E-state index contributed by atoms with van der Waals surface area (Å²) in [6, 6.07) is 31.9. The lowest BCUT2D eigenvalue weighted by Gasteiger charge is -2.16. The van der Waals surface area contributed by atoms with Crippen molar-refractivity contribution in [3.63, 3.8) is 0 Å². The molecule has 10 aromatic rings. The molecule has 0 saturated carbocycles. The highest BCUT2D eigenvalue weighted by atomic mass is 32.2. The summed E-state index contributed by atoms with van der Waals surface area (Å²) in [5, 5.41) is 69.5. The number of hydrogen-bond donors (Lipinski definition) is 0. The molecule has 0 bridgehead atoms. The molecular formula is C83H123F6N31O10S+8. The Morgan fingerprint density at radius 1 is 0.450 bits per heavy atom. The van der Waals surface area contributed by atoms with Gasteiger partial charge in [-0.3, -0.25) is 62.0 Å². The Kier molecular flexibility index (Phi) is 39.0. The molecule has 9 heterocycles. The van der Waals surface area contributed by atoms with Gasteiger partial charge in [0.15, 0.2) is 44.9 Å². The summed E-state index contributed by atoms with van der Waals surface area (Å²) < 4.78 is 103. The van der Waals surface area contributed by atoms with Gasteiger partial charge in [-0.1, -0.05) is 55.5 Å². The first kappa shape index (κ1) is 106. The standard InChI is InChI=1S/C15H20N5O.C11H12F5N2O.C11H15N6O2.2C11H16N5O.C10H16N3OS.C9H16N3O3.C5H12FN2/c21-20-14-8-2-1-7-13(14)19(16-20)15(17-9-3-4-10-17)18-11-5-6-12-18;1-17(2)11(18(3)4)19-10-8(15)6(13)5(12)7(14)9(10)16;1-15(2)11(16(3)4)19-17-10(18)8-6-5-7-12-9(8)13-14-17;2*1-13(2)11(14(3)4)15-9-7-5-6-8-10(9)16(17)12-15;1-11(2)10(12(3)4)15-9-7-5-6-8-13(9)14;1-10(2)9(11(3)4)15-12-7(13)5-6-8(12)14;1-7(2)5(6)8(3)4/h1-2,7-8H,3-6,9-12H2;1-4H3;5-7H,1-4H3;2*5-8H,1-4H3;5-8H,1-4H3;5-6H2,1-4H3;1-4H3/q8*+1. The van der Waals surface area contributed by atoms with Crippen LogP contribution < -0.4 is 34.4 Å². The summed E-state index contributed by atoms with van der Waals surface area (Å²) in [6.07, 6.45) is 8.15. The van der Waals surface area contributed by atoms with Crippen LogP contribution >= 0.6 is 11.8 Å². The van der Waals surface area contributed by atoms with Gasteiger partial charge in [-0.15, -0.1) is 24.0 Å². The van der Waals surface area contributed by atoms with Gasteiger partial charge < -0.3 is 25.6 Å². The molecule has 3 aliphatic rings. The molecule has 3 saturated heterocycles. The Balaban J connectivity index is 0.000000233. The Bertz CT molecular complexity index is 5830. The summed E-state index contributed by atoms with van der Waals surface area (Å²) in [4.78, 5) is 66.6. The van der Waals surface area contributed by atoms with Gasteiger partial charge in [0.05, 0.1) is 256 Å². The van der Waals surface area contributed by atoms with Gasteiger partial charge in [0, 0.05) is 31.2 Å². The summed E-state index contributed by atoms with van der Waals surface area (Å²) in [5.74, 6) is -9.52. The largest absolute Gasteiger partial charge is 0.691 e. The van der Waals surface area contributed by atoms with Gasteiger partial charge in [0.25, 0.3) is 16.8 Å². The first-order chi connectivity index (χ1) is 61.6. The van der Waals surface area contributed by atoms with Crippen LogP contribution in [-0.4, -0.2) is 413 Å². The van der Waals surface area contributed by atoms with E-state index in [0.29, 0.717) is 54.3 Å². The molecule has 41 nitrogen and oxygen atoms in total. The fraction of sp³-hybridized carbons (Fsp3) is 0.458. The number of nitrogens with zero attached hydrogens (tertiary/aromatic N) is 31. The maximum Gasteiger partial charge on any atom is 0.472 e. The number of halogens is 6. The van der Waals surface area contributed by atoms with Crippen LogP contribution in [0.3, 0.4) is 0 Å². The van der Waals surface area contributed by atoms with Crippen LogP contribution in [0.2, 0.25) is 0 Å². The zero-order chi connectivity index (χ0) is 98.0. The van der Waals surface area contributed by atoms with Crippen molar-refractivity contribution in [1.82, 2.24) is 94.1 Å². The molecule has 3 aliphatic heterocycles. The molecular weight excluding hydrogens is 1740 g/mol. The Labute approximate surface area is 760 Å². The quantitative estimate of drug-likeness (QED) is 0.0226. The topological polar surface area (TPSA) is 337 Å². The molecule has 0 unspecified atom stereocenters. The maximum atomic E-state index is 13.4. The summed E-state index contributed by atoms with van der Waals surface area (Å²) in [6.45, 7) is 4.22. The SMILES string of the molecule is CN(C)C(F)=[N+](C)C.CN(C)C(ON1C(=O)CCC1=O)=[N+](C)C.CN(C)C(Oc1c(F)c(F)c(F)c(F)c1F)=[N+](C)C.CN(C)C(On1nnc2ncccc2c1=O)=[N+](C)C.CN(C)C(Sc1cccc[n+]1[O-])=[N+](C)C.CN(C)C(n1n[n+]([O-])c2ccccc21)=[N+](C)C.CN(C)C(n1n[n+]([O-])c2ccccc21)=[N+](C)C.[O-][n+]1nn(C(N2CCCC2)=[N+]2CCCC2)c2ccccc21. The molecule has 0 atom stereocenters. The summed E-state index contributed by atoms with van der Waals surface area (Å²) in [5.41, 5.74) is 4.12. The average Bonchev–Trinajstić information content (AvgIpc) is 1.70. The minimum Gasteiger partial charge on any atom is -0.691 e. The molecule has 6 aromatic heterocycles. The Morgan fingerprint density at radius 2 is 0.863 bits per heavy atom. The second-order valence-corrected chi connectivity index (χ2v) is 33.1. The van der Waals surface area contributed by atoms with Gasteiger partial charge in [0.2, 0.25) is 34.8 Å². The molecule has 131 heavy (non-hydrogen) atoms. The van der Waals surface area contributed by atoms with E-state index >= 15 is 0 Å². The van der Waals surface area contributed by atoms with Gasteiger partial charge in [-0.25, -0.2) is 56.1 Å². The van der Waals surface area contributed by atoms with E-state index in [1.165, 1.54) is 90.8 Å². The van der Waals surface area contributed by atoms with Crippen molar-refractivity contribution in [1.29, 1.82) is 0 Å². The number of hydroxylamine groups is 2. The molecule has 48 heteroatoms. The van der Waals surface area contributed by atoms with E-state index in [9.17, 15) is 61.6 Å². The number of aromatic nitrogens is 14. The number of carbonyl (C=O) groups excluding carboxylic acids is 2. The fourth-order valence-electron chi connectivity index (χ4n) is 13.0. The fourth-order valence-corrected chi connectivity index (χ4v) is 13.9. The van der Waals surface area contributed by atoms with E-state index in [1.807, 2.05) is 190 Å². The zero-order valence-corrected chi connectivity index (χ0v) is 80.5. The molecule has 4 aromatic carbocycles.